The maximum absolute atomic E-state index is 8.02. The Kier molecular flexibility index (Phi) is 5.99. The van der Waals surface area contributed by atoms with Gasteiger partial charge in [-0.05, 0) is 5.53 Å². The number of nitrogens with one attached hydrogen (secondary N) is 1. The Morgan fingerprint density at radius 3 is 2.57 bits per heavy atom. The van der Waals surface area contributed by atoms with Gasteiger partial charge >= 0.3 is 0 Å². The summed E-state index contributed by atoms with van der Waals surface area (Å²) in [4.78, 5) is 2.49. The van der Waals surface area contributed by atoms with E-state index in [4.69, 9.17) is 55.2 Å². The van der Waals surface area contributed by atoms with E-state index in [1.807, 2.05) is 0 Å². The Morgan fingerprint density at radius 2 is 2.21 bits per heavy atom. The van der Waals surface area contributed by atoms with E-state index in [1.54, 1.807) is 0 Å². The first kappa shape index (κ1) is 13.6. The molecule has 0 fully saturated rings. The molecule has 0 saturated heterocycles. The molecular weight excluding hydrogens is 254 g/mol. The number of alkyl halides is 3. The zero-order valence-electron chi connectivity index (χ0n) is 7.08. The summed E-state index contributed by atoms with van der Waals surface area (Å²) < 4.78 is 7.53. The van der Waals surface area contributed by atoms with Gasteiger partial charge in [0.15, 0.2) is 0 Å². The Labute approximate surface area is 95.2 Å². The molecule has 0 aromatic carbocycles. The molecular formula is C5H7Cl3N4O2. The van der Waals surface area contributed by atoms with Gasteiger partial charge in [-0.15, -0.1) is 0 Å². The van der Waals surface area contributed by atoms with Gasteiger partial charge in [-0.25, -0.2) is 0 Å². The molecule has 1 atom stereocenters. The summed E-state index contributed by atoms with van der Waals surface area (Å²) in [6.45, 7) is -0.115. The van der Waals surface area contributed by atoms with Crippen LogP contribution < -0.4 is 0 Å². The smallest absolute Gasteiger partial charge is 0.265 e. The van der Waals surface area contributed by atoms with E-state index in [0.717, 1.165) is 0 Å². The van der Waals surface area contributed by atoms with E-state index in [-0.39, 0.29) is 6.54 Å². The van der Waals surface area contributed by atoms with Crippen LogP contribution in [0.4, 0.5) is 0 Å². The molecule has 0 aliphatic heterocycles. The number of nitrogens with zero attached hydrogens (tertiary/aromatic N) is 3. The van der Waals surface area contributed by atoms with Crippen LogP contribution in [0.3, 0.4) is 0 Å². The van der Waals surface area contributed by atoms with Gasteiger partial charge in [-0.1, -0.05) is 39.9 Å². The van der Waals surface area contributed by atoms with E-state index in [2.05, 4.69) is 10.0 Å². The van der Waals surface area contributed by atoms with Gasteiger partial charge in [-0.3, -0.25) is 5.41 Å². The van der Waals surface area contributed by atoms with Gasteiger partial charge in [0.05, 0.1) is 6.54 Å². The van der Waals surface area contributed by atoms with Crippen molar-refractivity contribution in [1.29, 1.82) is 5.41 Å². The minimum Gasteiger partial charge on any atom is -0.448 e. The highest BCUT2D eigenvalue weighted by atomic mass is 35.6. The molecule has 1 N–H and O–H groups in total. The molecule has 0 aliphatic carbocycles. The number of hydrogen-bond acceptors (Lipinski definition) is 4. The molecule has 0 bridgehead atoms. The number of ether oxygens (including phenoxy) is 2. The van der Waals surface area contributed by atoms with Crippen molar-refractivity contribution in [3.8, 4) is 0 Å². The molecule has 0 rings (SSSR count). The summed E-state index contributed by atoms with van der Waals surface area (Å²) in [6.07, 6.45) is -0.936. The number of azide groups is 1. The fourth-order valence-corrected chi connectivity index (χ4v) is 0.595. The molecule has 0 aromatic heterocycles. The van der Waals surface area contributed by atoms with Crippen molar-refractivity contribution in [3.05, 3.63) is 10.4 Å². The third-order valence-corrected chi connectivity index (χ3v) is 1.58. The standard InChI is InChI=1S/C5H7Cl3N4O2/c1-13-3(2-11-12-10)14-4(9)5(6,7)8/h3,9H,2H2,1H3/t3-/m1/s1. The second kappa shape index (κ2) is 6.16. The Bertz CT molecular complexity index is 248. The summed E-state index contributed by atoms with van der Waals surface area (Å²) in [5, 5.41) is 10.4. The van der Waals surface area contributed by atoms with Crippen molar-refractivity contribution >= 4 is 40.7 Å². The average Bonchev–Trinajstić information content (AvgIpc) is 2.10. The third-order valence-electron chi connectivity index (χ3n) is 1.06. The van der Waals surface area contributed by atoms with E-state index >= 15 is 0 Å². The van der Waals surface area contributed by atoms with Crippen molar-refractivity contribution < 1.29 is 9.47 Å². The van der Waals surface area contributed by atoms with Crippen LogP contribution >= 0.6 is 34.8 Å². The molecule has 0 spiro atoms. The van der Waals surface area contributed by atoms with Crippen molar-refractivity contribution in [2.45, 2.75) is 10.1 Å². The SMILES string of the molecule is CO[C@@H](CN=[N+]=[N-])OC(=N)C(Cl)(Cl)Cl. The van der Waals surface area contributed by atoms with E-state index in [0.29, 0.717) is 0 Å². The molecule has 0 aromatic rings. The van der Waals surface area contributed by atoms with Crippen molar-refractivity contribution in [2.75, 3.05) is 13.7 Å². The lowest BCUT2D eigenvalue weighted by atomic mass is 10.6. The molecule has 6 nitrogen and oxygen atoms in total. The van der Waals surface area contributed by atoms with Crippen LogP contribution in [0.15, 0.2) is 5.11 Å². The fraction of sp³-hybridized carbons (Fsp3) is 0.800. The highest BCUT2D eigenvalue weighted by Crippen LogP contribution is 2.28. The van der Waals surface area contributed by atoms with Crippen LogP contribution in [0.1, 0.15) is 0 Å². The number of methoxy groups -OCH3 is 1. The van der Waals surface area contributed by atoms with Crippen LogP contribution in [-0.4, -0.2) is 29.6 Å². The number of hydrogen-bond donors (Lipinski definition) is 1. The molecule has 80 valence electrons. The van der Waals surface area contributed by atoms with Crippen LogP contribution in [0.5, 0.6) is 0 Å². The second-order valence-electron chi connectivity index (χ2n) is 2.02. The topological polar surface area (TPSA) is 91.1 Å². The summed E-state index contributed by atoms with van der Waals surface area (Å²) >= 11 is 16.0. The molecule has 0 saturated carbocycles. The summed E-state index contributed by atoms with van der Waals surface area (Å²) in [5.74, 6) is -0.595. The van der Waals surface area contributed by atoms with E-state index in [1.165, 1.54) is 7.11 Å². The van der Waals surface area contributed by atoms with E-state index in [9.17, 15) is 0 Å². The lowest BCUT2D eigenvalue weighted by molar-refractivity contribution is -0.0561. The van der Waals surface area contributed by atoms with Gasteiger partial charge in [0.25, 0.3) is 3.79 Å². The van der Waals surface area contributed by atoms with Crippen LogP contribution in [-0.2, 0) is 9.47 Å². The summed E-state index contributed by atoms with van der Waals surface area (Å²) in [5.41, 5.74) is 8.02. The molecule has 0 heterocycles. The lowest BCUT2D eigenvalue weighted by Crippen LogP contribution is -2.29. The zero-order chi connectivity index (χ0) is 11.2. The predicted molar refractivity (Wildman–Crippen MR) is 53.9 cm³/mol. The fourth-order valence-electron chi connectivity index (χ4n) is 0.461. The molecule has 0 amide bonds. The van der Waals surface area contributed by atoms with Gasteiger partial charge in [0, 0.05) is 12.0 Å². The Balaban J connectivity index is 4.18. The van der Waals surface area contributed by atoms with Crippen LogP contribution in [0, 0.1) is 5.41 Å². The first-order valence-corrected chi connectivity index (χ1v) is 4.41. The first-order chi connectivity index (χ1) is 6.41. The molecule has 0 aliphatic rings. The quantitative estimate of drug-likeness (QED) is 0.160. The zero-order valence-corrected chi connectivity index (χ0v) is 9.34. The number of rotatable bonds is 4. The van der Waals surface area contributed by atoms with Gasteiger partial charge in [0.1, 0.15) is 0 Å². The molecule has 0 unspecified atom stereocenters. The van der Waals surface area contributed by atoms with Crippen molar-refractivity contribution in [1.82, 2.24) is 0 Å². The van der Waals surface area contributed by atoms with Crippen molar-refractivity contribution in [2.24, 2.45) is 5.11 Å². The summed E-state index contributed by atoms with van der Waals surface area (Å²) in [6, 6.07) is 0. The first-order valence-electron chi connectivity index (χ1n) is 3.28. The van der Waals surface area contributed by atoms with Crippen LogP contribution in [0.25, 0.3) is 10.4 Å². The minimum atomic E-state index is -1.95. The van der Waals surface area contributed by atoms with Gasteiger partial charge in [-0.2, -0.15) is 0 Å². The Hall–Kier alpha value is -0.390. The lowest BCUT2D eigenvalue weighted by Gasteiger charge is -2.19. The molecule has 9 heteroatoms. The van der Waals surface area contributed by atoms with Crippen LogP contribution in [0.2, 0.25) is 0 Å². The largest absolute Gasteiger partial charge is 0.448 e. The monoisotopic (exact) mass is 260 g/mol. The average molecular weight is 261 g/mol. The maximum Gasteiger partial charge on any atom is 0.265 e. The highest BCUT2D eigenvalue weighted by molar-refractivity contribution is 6.76. The van der Waals surface area contributed by atoms with Gasteiger partial charge in [0.2, 0.25) is 12.2 Å². The maximum atomic E-state index is 8.02. The molecule has 14 heavy (non-hydrogen) atoms. The second-order valence-corrected chi connectivity index (χ2v) is 4.30. The van der Waals surface area contributed by atoms with Crippen molar-refractivity contribution in [3.63, 3.8) is 0 Å². The highest BCUT2D eigenvalue weighted by Gasteiger charge is 2.30. The predicted octanol–water partition coefficient (Wildman–Crippen LogP) is 2.63. The third kappa shape index (κ3) is 5.36. The van der Waals surface area contributed by atoms with E-state index < -0.39 is 16.0 Å². The Morgan fingerprint density at radius 1 is 1.64 bits per heavy atom. The number of halogens is 3. The summed E-state index contributed by atoms with van der Waals surface area (Å²) in [7, 11) is 1.31. The molecule has 0 radical (unpaired) electrons. The minimum absolute atomic E-state index is 0.115. The normalized spacial score (nSPS) is 12.9. The van der Waals surface area contributed by atoms with Gasteiger partial charge < -0.3 is 9.47 Å².